The molecule has 1 aliphatic carbocycles. The number of rotatable bonds is 4. The summed E-state index contributed by atoms with van der Waals surface area (Å²) in [7, 11) is 0. The number of hydrogen-bond acceptors (Lipinski definition) is 4. The Hall–Kier alpha value is -2.63. The highest BCUT2D eigenvalue weighted by atomic mass is 35.5. The first kappa shape index (κ1) is 19.7. The zero-order valence-corrected chi connectivity index (χ0v) is 16.9. The zero-order valence-electron chi connectivity index (χ0n) is 15.4. The fourth-order valence-electron chi connectivity index (χ4n) is 3.82. The number of carbonyl (C=O) groups excluding carboxylic acids is 1. The highest BCUT2D eigenvalue weighted by Crippen LogP contribution is 2.40. The number of carboxylic acid groups (broad SMARTS) is 1. The first-order chi connectivity index (χ1) is 13.9. The molecule has 0 unspecified atom stereocenters. The predicted octanol–water partition coefficient (Wildman–Crippen LogP) is 6.21. The van der Waals surface area contributed by atoms with Gasteiger partial charge in [-0.1, -0.05) is 23.2 Å². The number of hydrogen-bond donors (Lipinski definition) is 2. The summed E-state index contributed by atoms with van der Waals surface area (Å²) in [6.45, 7) is 0. The van der Waals surface area contributed by atoms with Gasteiger partial charge in [-0.15, -0.1) is 0 Å². The molecule has 1 heterocycles. The minimum Gasteiger partial charge on any atom is -0.478 e. The molecule has 1 aliphatic rings. The minimum absolute atomic E-state index is 0.0780. The number of halogens is 2. The van der Waals surface area contributed by atoms with E-state index in [1.165, 1.54) is 6.07 Å². The third-order valence-electron chi connectivity index (χ3n) is 5.31. The number of aromatic nitrogens is 1. The van der Waals surface area contributed by atoms with Gasteiger partial charge in [-0.05, 0) is 60.7 Å². The first-order valence-electron chi connectivity index (χ1n) is 9.32. The molecular formula is C22H18Cl2N2O3. The molecule has 2 N–H and O–H groups in total. The van der Waals surface area contributed by atoms with E-state index in [1.54, 1.807) is 18.2 Å². The van der Waals surface area contributed by atoms with Gasteiger partial charge < -0.3 is 10.4 Å². The topological polar surface area (TPSA) is 79.3 Å². The molecule has 1 aromatic heterocycles. The summed E-state index contributed by atoms with van der Waals surface area (Å²) >= 11 is 12.2. The summed E-state index contributed by atoms with van der Waals surface area (Å²) < 4.78 is 0. The first-order valence-corrected chi connectivity index (χ1v) is 10.1. The number of fused-ring (bicyclic) bond motifs is 1. The Bertz CT molecular complexity index is 1120. The molecule has 0 bridgehead atoms. The van der Waals surface area contributed by atoms with Crippen LogP contribution in [-0.2, 0) is 4.79 Å². The number of Topliss-reactive ketones (excluding diaryl/α,β-unsaturated/α-hetero) is 1. The van der Waals surface area contributed by atoms with Crippen molar-refractivity contribution >= 4 is 57.2 Å². The van der Waals surface area contributed by atoms with E-state index in [-0.39, 0.29) is 17.3 Å². The van der Waals surface area contributed by atoms with Crippen molar-refractivity contribution in [3.8, 4) is 0 Å². The van der Waals surface area contributed by atoms with E-state index in [0.717, 1.165) is 35.0 Å². The summed E-state index contributed by atoms with van der Waals surface area (Å²) in [5.74, 6) is -0.638. The van der Waals surface area contributed by atoms with Crippen LogP contribution in [0.2, 0.25) is 10.0 Å². The molecule has 148 valence electrons. The zero-order chi connectivity index (χ0) is 20.5. The van der Waals surface area contributed by atoms with E-state index in [0.29, 0.717) is 28.6 Å². The molecule has 0 atom stereocenters. The van der Waals surface area contributed by atoms with Gasteiger partial charge in [-0.3, -0.25) is 9.78 Å². The lowest BCUT2D eigenvalue weighted by Crippen LogP contribution is -2.14. The number of nitrogens with one attached hydrogen (secondary N) is 1. The van der Waals surface area contributed by atoms with Gasteiger partial charge in [0.25, 0.3) is 0 Å². The Balaban J connectivity index is 1.87. The van der Waals surface area contributed by atoms with E-state index in [1.807, 2.05) is 18.3 Å². The number of carboxylic acids is 1. The van der Waals surface area contributed by atoms with Gasteiger partial charge in [0.05, 0.1) is 22.5 Å². The van der Waals surface area contributed by atoms with Gasteiger partial charge >= 0.3 is 5.97 Å². The Morgan fingerprint density at radius 1 is 1.07 bits per heavy atom. The monoisotopic (exact) mass is 428 g/mol. The minimum atomic E-state index is -1.07. The van der Waals surface area contributed by atoms with Crippen LogP contribution in [0.15, 0.2) is 42.6 Å². The van der Waals surface area contributed by atoms with Crippen molar-refractivity contribution in [3.63, 3.8) is 0 Å². The third kappa shape index (κ3) is 4.07. The second-order valence-corrected chi connectivity index (χ2v) is 8.06. The maximum absolute atomic E-state index is 11.7. The fourth-order valence-corrected chi connectivity index (χ4v) is 4.16. The van der Waals surface area contributed by atoms with E-state index in [9.17, 15) is 14.7 Å². The van der Waals surface area contributed by atoms with Gasteiger partial charge in [0, 0.05) is 34.5 Å². The van der Waals surface area contributed by atoms with Crippen molar-refractivity contribution in [2.24, 2.45) is 0 Å². The maximum atomic E-state index is 11.7. The molecule has 0 spiro atoms. The third-order valence-corrected chi connectivity index (χ3v) is 5.78. The van der Waals surface area contributed by atoms with Crippen molar-refractivity contribution in [1.82, 2.24) is 4.98 Å². The quantitative estimate of drug-likeness (QED) is 0.516. The molecule has 4 rings (SSSR count). The highest BCUT2D eigenvalue weighted by Gasteiger charge is 2.25. The average molecular weight is 429 g/mol. The normalized spacial score (nSPS) is 14.9. The van der Waals surface area contributed by atoms with Crippen LogP contribution in [0, 0.1) is 0 Å². The number of pyridine rings is 1. The molecule has 1 saturated carbocycles. The van der Waals surface area contributed by atoms with Crippen LogP contribution in [0.25, 0.3) is 10.9 Å². The SMILES string of the molecule is O=C1CCC(c2cnc3ccc(Cl)cc3c2Nc2ccc(Cl)cc2C(=O)O)CC1. The molecular weight excluding hydrogens is 411 g/mol. The van der Waals surface area contributed by atoms with Crippen LogP contribution in [0.3, 0.4) is 0 Å². The smallest absolute Gasteiger partial charge is 0.337 e. The largest absolute Gasteiger partial charge is 0.478 e. The van der Waals surface area contributed by atoms with E-state index >= 15 is 0 Å². The van der Waals surface area contributed by atoms with Crippen LogP contribution in [0.4, 0.5) is 11.4 Å². The number of nitrogens with zero attached hydrogens (tertiary/aromatic N) is 1. The van der Waals surface area contributed by atoms with Crippen LogP contribution < -0.4 is 5.32 Å². The maximum Gasteiger partial charge on any atom is 0.337 e. The Labute approximate surface area is 177 Å². The number of carbonyl (C=O) groups is 2. The number of aromatic carboxylic acids is 1. The Morgan fingerprint density at radius 2 is 1.76 bits per heavy atom. The van der Waals surface area contributed by atoms with E-state index in [4.69, 9.17) is 23.2 Å². The van der Waals surface area contributed by atoms with Crippen LogP contribution >= 0.6 is 23.2 Å². The Morgan fingerprint density at radius 3 is 2.48 bits per heavy atom. The van der Waals surface area contributed by atoms with Crippen LogP contribution in [0.1, 0.15) is 47.5 Å². The van der Waals surface area contributed by atoms with Crippen molar-refractivity contribution in [1.29, 1.82) is 0 Å². The molecule has 29 heavy (non-hydrogen) atoms. The van der Waals surface area contributed by atoms with E-state index in [2.05, 4.69) is 10.3 Å². The number of ketones is 1. The second-order valence-electron chi connectivity index (χ2n) is 7.18. The summed E-state index contributed by atoms with van der Waals surface area (Å²) in [4.78, 5) is 28.0. The van der Waals surface area contributed by atoms with Crippen LogP contribution in [-0.4, -0.2) is 21.8 Å². The average Bonchev–Trinajstić information content (AvgIpc) is 2.70. The lowest BCUT2D eigenvalue weighted by molar-refractivity contribution is -0.120. The molecule has 3 aromatic rings. The molecule has 0 radical (unpaired) electrons. The second kappa shape index (κ2) is 8.01. The Kier molecular flexibility index (Phi) is 5.43. The molecule has 0 saturated heterocycles. The molecule has 7 heteroatoms. The van der Waals surface area contributed by atoms with Gasteiger partial charge in [-0.25, -0.2) is 4.79 Å². The molecule has 1 fully saturated rings. The number of anilines is 2. The molecule has 5 nitrogen and oxygen atoms in total. The summed E-state index contributed by atoms with van der Waals surface area (Å²) in [5.41, 5.74) is 2.98. The van der Waals surface area contributed by atoms with Crippen molar-refractivity contribution in [3.05, 3.63) is 63.8 Å². The van der Waals surface area contributed by atoms with Crippen molar-refractivity contribution in [2.75, 3.05) is 5.32 Å². The van der Waals surface area contributed by atoms with Crippen molar-refractivity contribution in [2.45, 2.75) is 31.6 Å². The van der Waals surface area contributed by atoms with Gasteiger partial charge in [0.2, 0.25) is 0 Å². The number of benzene rings is 2. The van der Waals surface area contributed by atoms with Crippen LogP contribution in [0.5, 0.6) is 0 Å². The van der Waals surface area contributed by atoms with Gasteiger partial charge in [0.15, 0.2) is 0 Å². The molecule has 0 amide bonds. The fraction of sp³-hybridized carbons (Fsp3) is 0.227. The van der Waals surface area contributed by atoms with E-state index < -0.39 is 5.97 Å². The molecule has 2 aromatic carbocycles. The van der Waals surface area contributed by atoms with Gasteiger partial charge in [-0.2, -0.15) is 0 Å². The van der Waals surface area contributed by atoms with Gasteiger partial charge in [0.1, 0.15) is 5.78 Å². The lowest BCUT2D eigenvalue weighted by atomic mass is 9.83. The molecule has 0 aliphatic heterocycles. The lowest BCUT2D eigenvalue weighted by Gasteiger charge is -2.25. The summed E-state index contributed by atoms with van der Waals surface area (Å²) in [6.07, 6.45) is 4.38. The highest BCUT2D eigenvalue weighted by molar-refractivity contribution is 6.31. The van der Waals surface area contributed by atoms with Crippen molar-refractivity contribution < 1.29 is 14.7 Å². The summed E-state index contributed by atoms with van der Waals surface area (Å²) in [5, 5.41) is 14.6. The summed E-state index contributed by atoms with van der Waals surface area (Å²) in [6, 6.07) is 10.1. The predicted molar refractivity (Wildman–Crippen MR) is 115 cm³/mol. The standard InChI is InChI=1S/C22H18Cl2N2O3/c23-13-3-7-19-16(9-13)21(18(11-25-19)12-1-5-15(27)6-2-12)26-20-8-4-14(24)10-17(20)22(28)29/h3-4,7-12H,1-2,5-6H2,(H,25,26)(H,28,29).